The Bertz CT molecular complexity index is 1560. The fourth-order valence-electron chi connectivity index (χ4n) is 5.18. The summed E-state index contributed by atoms with van der Waals surface area (Å²) in [5, 5.41) is 10.4. The molecule has 0 bridgehead atoms. The number of fused-ring (bicyclic) bond motifs is 2. The number of likely N-dealkylation sites (tertiary alicyclic amines) is 1. The molecule has 0 aliphatic carbocycles. The minimum atomic E-state index is 0.197. The summed E-state index contributed by atoms with van der Waals surface area (Å²) in [6.07, 6.45) is 7.75. The van der Waals surface area contributed by atoms with Gasteiger partial charge in [-0.15, -0.1) is 0 Å². The zero-order valence-corrected chi connectivity index (χ0v) is 21.0. The molecular formula is C29H29BN6O. The van der Waals surface area contributed by atoms with Gasteiger partial charge in [0.25, 0.3) is 0 Å². The van der Waals surface area contributed by atoms with Gasteiger partial charge in [-0.1, -0.05) is 48.5 Å². The van der Waals surface area contributed by atoms with Crippen LogP contribution in [0.25, 0.3) is 16.4 Å². The minimum Gasteiger partial charge on any atom is -0.366 e. The van der Waals surface area contributed by atoms with Crippen LogP contribution in [-0.4, -0.2) is 51.3 Å². The molecule has 184 valence electrons. The number of rotatable bonds is 6. The summed E-state index contributed by atoms with van der Waals surface area (Å²) >= 11 is 0. The third-order valence-corrected chi connectivity index (χ3v) is 7.30. The van der Waals surface area contributed by atoms with Crippen LogP contribution < -0.4 is 10.8 Å². The summed E-state index contributed by atoms with van der Waals surface area (Å²) in [6, 6.07) is 20.7. The van der Waals surface area contributed by atoms with Crippen molar-refractivity contribution in [1.82, 2.24) is 24.5 Å². The predicted octanol–water partition coefficient (Wildman–Crippen LogP) is 3.10. The van der Waals surface area contributed by atoms with E-state index < -0.39 is 0 Å². The van der Waals surface area contributed by atoms with Gasteiger partial charge >= 0.3 is 0 Å². The summed E-state index contributed by atoms with van der Waals surface area (Å²) in [4.78, 5) is 24.3. The summed E-state index contributed by atoms with van der Waals surface area (Å²) in [5.74, 6) is 1.43. The van der Waals surface area contributed by atoms with Crippen LogP contribution in [-0.2, 0) is 17.8 Å². The Balaban J connectivity index is 1.14. The number of piperidine rings is 1. The molecule has 0 atom stereocenters. The minimum absolute atomic E-state index is 0.197. The molecule has 8 heteroatoms. The number of pyridine rings is 1. The average Bonchev–Trinajstić information content (AvgIpc) is 3.33. The van der Waals surface area contributed by atoms with E-state index in [9.17, 15) is 4.79 Å². The van der Waals surface area contributed by atoms with Crippen LogP contribution in [0.1, 0.15) is 35.6 Å². The van der Waals surface area contributed by atoms with Crippen molar-refractivity contribution in [3.8, 4) is 0 Å². The number of benzene rings is 2. The predicted molar refractivity (Wildman–Crippen MR) is 149 cm³/mol. The largest absolute Gasteiger partial charge is 0.366 e. The van der Waals surface area contributed by atoms with E-state index in [0.717, 1.165) is 59.7 Å². The summed E-state index contributed by atoms with van der Waals surface area (Å²) in [6.45, 7) is 2.16. The van der Waals surface area contributed by atoms with Gasteiger partial charge in [0.15, 0.2) is 5.65 Å². The van der Waals surface area contributed by atoms with Crippen molar-refractivity contribution >= 4 is 41.5 Å². The molecule has 37 heavy (non-hydrogen) atoms. The molecule has 1 N–H and O–H groups in total. The number of hydrogen-bond donors (Lipinski definition) is 1. The second kappa shape index (κ2) is 10.0. The van der Waals surface area contributed by atoms with E-state index in [1.165, 1.54) is 10.8 Å². The van der Waals surface area contributed by atoms with E-state index in [1.54, 1.807) is 6.20 Å². The Kier molecular flexibility index (Phi) is 6.31. The van der Waals surface area contributed by atoms with E-state index >= 15 is 0 Å². The van der Waals surface area contributed by atoms with E-state index in [4.69, 9.17) is 4.98 Å². The monoisotopic (exact) mass is 488 g/mol. The van der Waals surface area contributed by atoms with Gasteiger partial charge in [0.05, 0.1) is 6.42 Å². The first-order valence-electron chi connectivity index (χ1n) is 12.9. The molecule has 5 aromatic rings. The smallest absolute Gasteiger partial charge is 0.226 e. The molecule has 1 amide bonds. The van der Waals surface area contributed by atoms with Gasteiger partial charge in [-0.05, 0) is 46.3 Å². The zero-order chi connectivity index (χ0) is 25.2. The number of amides is 1. The maximum absolute atomic E-state index is 13.1. The molecule has 0 spiro atoms. The molecule has 6 rings (SSSR count). The maximum atomic E-state index is 13.1. The van der Waals surface area contributed by atoms with Crippen molar-refractivity contribution in [1.29, 1.82) is 0 Å². The molecule has 7 nitrogen and oxygen atoms in total. The normalized spacial score (nSPS) is 14.3. The highest BCUT2D eigenvalue weighted by Crippen LogP contribution is 2.29. The Morgan fingerprint density at radius 3 is 2.62 bits per heavy atom. The Morgan fingerprint density at radius 1 is 0.973 bits per heavy atom. The van der Waals surface area contributed by atoms with Gasteiger partial charge in [-0.3, -0.25) is 9.78 Å². The van der Waals surface area contributed by atoms with Crippen LogP contribution in [0.15, 0.2) is 79.3 Å². The molecule has 2 aromatic carbocycles. The number of hydrogen-bond acceptors (Lipinski definition) is 5. The van der Waals surface area contributed by atoms with Crippen molar-refractivity contribution in [2.24, 2.45) is 0 Å². The Labute approximate surface area is 217 Å². The van der Waals surface area contributed by atoms with Gasteiger partial charge in [-0.2, -0.15) is 9.61 Å². The van der Waals surface area contributed by atoms with Gasteiger partial charge in [0, 0.05) is 55.9 Å². The first-order valence-corrected chi connectivity index (χ1v) is 12.9. The quantitative estimate of drug-likeness (QED) is 0.372. The Morgan fingerprint density at radius 2 is 1.81 bits per heavy atom. The van der Waals surface area contributed by atoms with Crippen molar-refractivity contribution in [3.05, 3.63) is 96.1 Å². The maximum Gasteiger partial charge on any atom is 0.226 e. The molecule has 1 aliphatic heterocycles. The molecule has 0 radical (unpaired) electrons. The highest BCUT2D eigenvalue weighted by atomic mass is 16.2. The van der Waals surface area contributed by atoms with Gasteiger partial charge < -0.3 is 10.2 Å². The molecule has 4 heterocycles. The van der Waals surface area contributed by atoms with Crippen LogP contribution in [0.3, 0.4) is 0 Å². The number of carbonyl (C=O) groups is 1. The topological polar surface area (TPSA) is 75.4 Å². The van der Waals surface area contributed by atoms with Crippen molar-refractivity contribution in [3.63, 3.8) is 0 Å². The van der Waals surface area contributed by atoms with Crippen molar-refractivity contribution < 1.29 is 4.79 Å². The van der Waals surface area contributed by atoms with Crippen molar-refractivity contribution in [2.45, 2.75) is 31.7 Å². The molecule has 1 aliphatic rings. The summed E-state index contributed by atoms with van der Waals surface area (Å²) in [5.41, 5.74) is 5.16. The van der Waals surface area contributed by atoms with E-state index in [-0.39, 0.29) is 5.91 Å². The summed E-state index contributed by atoms with van der Waals surface area (Å²) in [7, 11) is 2.04. The summed E-state index contributed by atoms with van der Waals surface area (Å²) < 4.78 is 1.87. The van der Waals surface area contributed by atoms with Crippen LogP contribution in [0, 0.1) is 0 Å². The lowest BCUT2D eigenvalue weighted by Crippen LogP contribution is -2.39. The van der Waals surface area contributed by atoms with Gasteiger partial charge in [0.2, 0.25) is 5.91 Å². The molecule has 1 fully saturated rings. The van der Waals surface area contributed by atoms with E-state index in [0.29, 0.717) is 18.9 Å². The second-order valence-corrected chi connectivity index (χ2v) is 9.86. The standard InChI is InChI=1S/C29H29BN6O/c30-25-19-33-36-27(32-18-21-4-3-11-31-17-21)16-26(34-29(25)36)23-9-12-35(13-10-23)28(37)15-20-7-8-22-5-1-2-6-24(22)14-20/h1-8,11,14,16-17,19,23,32H,9-10,12-13,15,18,30H2. The highest BCUT2D eigenvalue weighted by molar-refractivity contribution is 6.36. The lowest BCUT2D eigenvalue weighted by molar-refractivity contribution is -0.131. The number of carbonyl (C=O) groups excluding carboxylic acids is 1. The second-order valence-electron chi connectivity index (χ2n) is 9.86. The third kappa shape index (κ3) is 4.92. The lowest BCUT2D eigenvalue weighted by Gasteiger charge is -2.32. The zero-order valence-electron chi connectivity index (χ0n) is 21.0. The number of anilines is 1. The van der Waals surface area contributed by atoms with Gasteiger partial charge in [0.1, 0.15) is 13.7 Å². The molecule has 0 unspecified atom stereocenters. The average molecular weight is 488 g/mol. The van der Waals surface area contributed by atoms with Gasteiger partial charge in [-0.25, -0.2) is 4.98 Å². The van der Waals surface area contributed by atoms with Crippen molar-refractivity contribution in [2.75, 3.05) is 18.4 Å². The van der Waals surface area contributed by atoms with Crippen LogP contribution >= 0.6 is 0 Å². The van der Waals surface area contributed by atoms with E-state index in [1.807, 2.05) is 47.9 Å². The molecule has 1 saturated heterocycles. The molecule has 3 aromatic heterocycles. The first-order chi connectivity index (χ1) is 18.1. The fraction of sp³-hybridized carbons (Fsp3) is 0.241. The first kappa shape index (κ1) is 23.2. The van der Waals surface area contributed by atoms with Crippen LogP contribution in [0.4, 0.5) is 5.82 Å². The SMILES string of the molecule is Bc1cnn2c(NCc3cccnc3)cc(C3CCN(C(=O)Cc4ccc5ccccc5c4)CC3)nc12. The number of nitrogens with zero attached hydrogens (tertiary/aromatic N) is 5. The Hall–Kier alpha value is -4.20. The third-order valence-electron chi connectivity index (χ3n) is 7.30. The molecular weight excluding hydrogens is 459 g/mol. The van der Waals surface area contributed by atoms with Crippen LogP contribution in [0.2, 0.25) is 0 Å². The van der Waals surface area contributed by atoms with E-state index in [2.05, 4.69) is 57.9 Å². The highest BCUT2D eigenvalue weighted by Gasteiger charge is 2.26. The number of aromatic nitrogens is 4. The van der Waals surface area contributed by atoms with Crippen LogP contribution in [0.5, 0.6) is 0 Å². The molecule has 0 saturated carbocycles. The fourth-order valence-corrected chi connectivity index (χ4v) is 5.18. The number of nitrogens with one attached hydrogen (secondary N) is 1. The lowest BCUT2D eigenvalue weighted by atomic mass is 9.92.